The molecule has 2 nitrogen and oxygen atoms in total. The summed E-state index contributed by atoms with van der Waals surface area (Å²) >= 11 is 0. The number of pyridine rings is 2. The van der Waals surface area contributed by atoms with Gasteiger partial charge >= 0.3 is 0 Å². The number of hydrogen-bond acceptors (Lipinski definition) is 2. The molecule has 2 aromatic heterocycles. The fourth-order valence-corrected chi connectivity index (χ4v) is 1.30. The number of rotatable bonds is 1. The van der Waals surface area contributed by atoms with Crippen LogP contribution < -0.4 is 0 Å². The maximum absolute atomic E-state index is 4.53. The molecule has 0 N–H and O–H groups in total. The molecule has 0 saturated heterocycles. The van der Waals surface area contributed by atoms with Crippen molar-refractivity contribution in [1.82, 2.24) is 9.97 Å². The van der Waals surface area contributed by atoms with E-state index >= 15 is 0 Å². The summed E-state index contributed by atoms with van der Waals surface area (Å²) in [7, 11) is 0. The molecular weight excluding hydrogens is 184 g/mol. The zero-order chi connectivity index (χ0) is 11.3. The number of hydrogen-bond donors (Lipinski definition) is 0. The fraction of sp³-hybridized carbons (Fsp3) is 0.385. The SMILES string of the molecule is CC.CC(C)c1ccc2cnccc2n1. The monoisotopic (exact) mass is 202 g/mol. The molecule has 0 spiro atoms. The minimum atomic E-state index is 0.484. The number of aromatic nitrogens is 2. The molecule has 0 fully saturated rings. The van der Waals surface area contributed by atoms with Crippen molar-refractivity contribution < 1.29 is 0 Å². The molecular formula is C13H18N2. The van der Waals surface area contributed by atoms with Gasteiger partial charge in [0.15, 0.2) is 0 Å². The lowest BCUT2D eigenvalue weighted by molar-refractivity contribution is 0.830. The summed E-state index contributed by atoms with van der Waals surface area (Å²) in [6.45, 7) is 8.30. The molecule has 2 aromatic rings. The molecule has 2 rings (SSSR count). The molecule has 80 valence electrons. The third-order valence-corrected chi connectivity index (χ3v) is 2.10. The quantitative estimate of drug-likeness (QED) is 0.703. The Labute approximate surface area is 91.4 Å². The second-order valence-electron chi connectivity index (χ2n) is 3.46. The van der Waals surface area contributed by atoms with Crippen LogP contribution in [0, 0.1) is 0 Å². The van der Waals surface area contributed by atoms with Gasteiger partial charge in [0.05, 0.1) is 5.52 Å². The van der Waals surface area contributed by atoms with E-state index < -0.39 is 0 Å². The third kappa shape index (κ3) is 2.75. The molecule has 0 bridgehead atoms. The van der Waals surface area contributed by atoms with Crippen molar-refractivity contribution in [3.05, 3.63) is 36.3 Å². The molecule has 0 aliphatic heterocycles. The van der Waals surface area contributed by atoms with E-state index in [9.17, 15) is 0 Å². The molecule has 0 saturated carbocycles. The normalized spacial score (nSPS) is 9.93. The van der Waals surface area contributed by atoms with E-state index in [1.54, 1.807) is 6.20 Å². The number of fused-ring (bicyclic) bond motifs is 1. The highest BCUT2D eigenvalue weighted by Crippen LogP contribution is 2.16. The Kier molecular flexibility index (Phi) is 4.22. The largest absolute Gasteiger partial charge is 0.264 e. The van der Waals surface area contributed by atoms with Gasteiger partial charge in [0, 0.05) is 23.5 Å². The van der Waals surface area contributed by atoms with Crippen molar-refractivity contribution in [2.75, 3.05) is 0 Å². The first kappa shape index (κ1) is 11.6. The summed E-state index contributed by atoms with van der Waals surface area (Å²) in [6, 6.07) is 6.08. The Bertz CT molecular complexity index is 422. The summed E-state index contributed by atoms with van der Waals surface area (Å²) < 4.78 is 0. The second kappa shape index (κ2) is 5.44. The predicted octanol–water partition coefficient (Wildman–Crippen LogP) is 3.78. The van der Waals surface area contributed by atoms with Gasteiger partial charge in [-0.1, -0.05) is 27.7 Å². The maximum atomic E-state index is 4.53. The molecule has 0 amide bonds. The third-order valence-electron chi connectivity index (χ3n) is 2.10. The summed E-state index contributed by atoms with van der Waals surface area (Å²) in [5.41, 5.74) is 2.17. The van der Waals surface area contributed by atoms with Crippen LogP contribution in [-0.2, 0) is 0 Å². The number of nitrogens with zero attached hydrogens (tertiary/aromatic N) is 2. The predicted molar refractivity (Wildman–Crippen MR) is 65.0 cm³/mol. The summed E-state index contributed by atoms with van der Waals surface area (Å²) in [4.78, 5) is 8.58. The summed E-state index contributed by atoms with van der Waals surface area (Å²) in [5, 5.41) is 1.10. The zero-order valence-electron chi connectivity index (χ0n) is 9.86. The van der Waals surface area contributed by atoms with Crippen LogP contribution in [0.5, 0.6) is 0 Å². The Morgan fingerprint density at radius 3 is 2.47 bits per heavy atom. The van der Waals surface area contributed by atoms with Crippen molar-refractivity contribution in [1.29, 1.82) is 0 Å². The van der Waals surface area contributed by atoms with Crippen LogP contribution in [0.3, 0.4) is 0 Å². The van der Waals surface area contributed by atoms with E-state index in [0.717, 1.165) is 16.6 Å². The van der Waals surface area contributed by atoms with E-state index in [-0.39, 0.29) is 0 Å². The van der Waals surface area contributed by atoms with Gasteiger partial charge in [-0.25, -0.2) is 0 Å². The molecule has 15 heavy (non-hydrogen) atoms. The molecule has 0 unspecified atom stereocenters. The highest BCUT2D eigenvalue weighted by Gasteiger charge is 2.01. The highest BCUT2D eigenvalue weighted by atomic mass is 14.7. The van der Waals surface area contributed by atoms with Crippen LogP contribution in [0.4, 0.5) is 0 Å². The lowest BCUT2D eigenvalue weighted by Crippen LogP contribution is -1.92. The van der Waals surface area contributed by atoms with Crippen LogP contribution >= 0.6 is 0 Å². The van der Waals surface area contributed by atoms with Crippen LogP contribution in [-0.4, -0.2) is 9.97 Å². The van der Waals surface area contributed by atoms with Crippen LogP contribution in [0.15, 0.2) is 30.6 Å². The van der Waals surface area contributed by atoms with Gasteiger partial charge in [0.1, 0.15) is 0 Å². The van der Waals surface area contributed by atoms with Gasteiger partial charge in [0.25, 0.3) is 0 Å². The van der Waals surface area contributed by atoms with Gasteiger partial charge in [-0.2, -0.15) is 0 Å². The van der Waals surface area contributed by atoms with Crippen LogP contribution in [0.2, 0.25) is 0 Å². The second-order valence-corrected chi connectivity index (χ2v) is 3.46. The van der Waals surface area contributed by atoms with Crippen molar-refractivity contribution in [2.45, 2.75) is 33.6 Å². The van der Waals surface area contributed by atoms with Crippen LogP contribution in [0.1, 0.15) is 39.3 Å². The molecule has 2 heteroatoms. The first-order valence-corrected chi connectivity index (χ1v) is 5.48. The zero-order valence-corrected chi connectivity index (χ0v) is 9.86. The van der Waals surface area contributed by atoms with Crippen molar-refractivity contribution in [3.8, 4) is 0 Å². The van der Waals surface area contributed by atoms with E-state index in [0.29, 0.717) is 5.92 Å². The Morgan fingerprint density at radius 1 is 1.07 bits per heavy atom. The standard InChI is InChI=1S/C11H12N2.C2H6/c1-8(2)10-4-3-9-7-12-6-5-11(9)13-10;1-2/h3-8H,1-2H3;1-2H3. The summed E-state index contributed by atoms with van der Waals surface area (Å²) in [5.74, 6) is 0.484. The molecule has 0 radical (unpaired) electrons. The molecule has 0 aliphatic carbocycles. The van der Waals surface area contributed by atoms with Gasteiger partial charge in [0.2, 0.25) is 0 Å². The van der Waals surface area contributed by atoms with E-state index in [2.05, 4.69) is 35.9 Å². The first-order valence-electron chi connectivity index (χ1n) is 5.48. The van der Waals surface area contributed by atoms with Gasteiger partial charge < -0.3 is 0 Å². The average Bonchev–Trinajstić information content (AvgIpc) is 2.31. The minimum absolute atomic E-state index is 0.484. The molecule has 0 atom stereocenters. The molecule has 0 aromatic carbocycles. The summed E-state index contributed by atoms with van der Waals surface area (Å²) in [6.07, 6.45) is 3.62. The van der Waals surface area contributed by atoms with E-state index in [1.165, 1.54) is 0 Å². The highest BCUT2D eigenvalue weighted by molar-refractivity contribution is 5.77. The fourth-order valence-electron chi connectivity index (χ4n) is 1.30. The van der Waals surface area contributed by atoms with E-state index in [4.69, 9.17) is 0 Å². The Balaban J connectivity index is 0.000000531. The lowest BCUT2D eigenvalue weighted by atomic mass is 10.1. The first-order chi connectivity index (χ1) is 7.27. The van der Waals surface area contributed by atoms with Gasteiger partial charge in [-0.3, -0.25) is 9.97 Å². The van der Waals surface area contributed by atoms with Gasteiger partial charge in [-0.15, -0.1) is 0 Å². The average molecular weight is 202 g/mol. The Hall–Kier alpha value is -1.44. The van der Waals surface area contributed by atoms with Crippen molar-refractivity contribution in [2.24, 2.45) is 0 Å². The van der Waals surface area contributed by atoms with Crippen molar-refractivity contribution in [3.63, 3.8) is 0 Å². The smallest absolute Gasteiger partial charge is 0.0736 e. The molecule has 2 heterocycles. The lowest BCUT2D eigenvalue weighted by Gasteiger charge is -2.04. The van der Waals surface area contributed by atoms with Gasteiger partial charge in [-0.05, 0) is 24.1 Å². The minimum Gasteiger partial charge on any atom is -0.264 e. The Morgan fingerprint density at radius 2 is 1.80 bits per heavy atom. The van der Waals surface area contributed by atoms with Crippen molar-refractivity contribution >= 4 is 10.9 Å². The van der Waals surface area contributed by atoms with E-state index in [1.807, 2.05) is 26.1 Å². The maximum Gasteiger partial charge on any atom is 0.0736 e. The topological polar surface area (TPSA) is 25.8 Å². The molecule has 0 aliphatic rings. The van der Waals surface area contributed by atoms with Crippen LogP contribution in [0.25, 0.3) is 10.9 Å².